The summed E-state index contributed by atoms with van der Waals surface area (Å²) in [4.78, 5) is 14.0. The fourth-order valence-corrected chi connectivity index (χ4v) is 2.01. The van der Waals surface area contributed by atoms with E-state index < -0.39 is 0 Å². The molecule has 1 aromatic rings. The Morgan fingerprint density at radius 3 is 2.53 bits per heavy atom. The molecule has 0 fully saturated rings. The number of hydrogen-bond donors (Lipinski definition) is 1. The Bertz CT molecular complexity index is 355. The third-order valence-electron chi connectivity index (χ3n) is 2.96. The van der Waals surface area contributed by atoms with Gasteiger partial charge in [0, 0.05) is 12.6 Å². The van der Waals surface area contributed by atoms with Gasteiger partial charge in [-0.25, -0.2) is 0 Å². The molecule has 1 N–H and O–H groups in total. The summed E-state index contributed by atoms with van der Waals surface area (Å²) in [6, 6.07) is 1.90. The minimum atomic E-state index is -0.0652. The Morgan fingerprint density at radius 1 is 1.47 bits per heavy atom. The molecular weight excluding hydrogens is 218 g/mol. The number of aliphatic hydroxyl groups excluding tert-OH is 1. The van der Waals surface area contributed by atoms with Crippen LogP contribution in [0.3, 0.4) is 0 Å². The molecule has 0 saturated carbocycles. The van der Waals surface area contributed by atoms with Crippen molar-refractivity contribution in [2.24, 2.45) is 0 Å². The molecule has 0 aliphatic carbocycles. The minimum absolute atomic E-state index is 0.0148. The van der Waals surface area contributed by atoms with Gasteiger partial charge in [0.1, 0.15) is 12.0 Å². The molecule has 1 rings (SSSR count). The quantitative estimate of drug-likeness (QED) is 0.828. The van der Waals surface area contributed by atoms with Crippen molar-refractivity contribution in [1.29, 1.82) is 0 Å². The lowest BCUT2D eigenvalue weighted by molar-refractivity contribution is 0.0621. The Labute approximate surface area is 102 Å². The molecule has 0 unspecified atom stereocenters. The number of aryl methyl sites for hydroxylation is 1. The Kier molecular flexibility index (Phi) is 5.22. The van der Waals surface area contributed by atoms with Crippen LogP contribution in [-0.2, 0) is 0 Å². The van der Waals surface area contributed by atoms with E-state index in [1.807, 2.05) is 20.8 Å². The number of furan rings is 1. The fourth-order valence-electron chi connectivity index (χ4n) is 2.01. The van der Waals surface area contributed by atoms with E-state index >= 15 is 0 Å². The second-order valence-corrected chi connectivity index (χ2v) is 4.14. The highest BCUT2D eigenvalue weighted by Gasteiger charge is 2.22. The first-order valence-corrected chi connectivity index (χ1v) is 6.10. The zero-order chi connectivity index (χ0) is 12.8. The third-order valence-corrected chi connectivity index (χ3v) is 2.96. The number of rotatable bonds is 6. The highest BCUT2D eigenvalue weighted by molar-refractivity contribution is 5.94. The van der Waals surface area contributed by atoms with Crippen LogP contribution in [0.25, 0.3) is 0 Å². The number of nitrogens with zero attached hydrogens (tertiary/aromatic N) is 1. The molecule has 0 aromatic carbocycles. The highest BCUT2D eigenvalue weighted by Crippen LogP contribution is 2.15. The lowest BCUT2D eigenvalue weighted by atomic mass is 10.1. The zero-order valence-electron chi connectivity index (χ0n) is 10.8. The van der Waals surface area contributed by atoms with Crippen LogP contribution in [0, 0.1) is 6.92 Å². The van der Waals surface area contributed by atoms with Crippen molar-refractivity contribution >= 4 is 5.91 Å². The molecule has 0 bridgehead atoms. The molecule has 17 heavy (non-hydrogen) atoms. The van der Waals surface area contributed by atoms with Crippen molar-refractivity contribution in [2.45, 2.75) is 39.7 Å². The van der Waals surface area contributed by atoms with Gasteiger partial charge in [-0.2, -0.15) is 0 Å². The summed E-state index contributed by atoms with van der Waals surface area (Å²) >= 11 is 0. The van der Waals surface area contributed by atoms with Crippen molar-refractivity contribution in [1.82, 2.24) is 4.90 Å². The Hall–Kier alpha value is -1.29. The molecule has 96 valence electrons. The van der Waals surface area contributed by atoms with Gasteiger partial charge in [-0.1, -0.05) is 13.8 Å². The van der Waals surface area contributed by atoms with E-state index in [4.69, 9.17) is 9.52 Å². The average Bonchev–Trinajstić information content (AvgIpc) is 2.75. The zero-order valence-corrected chi connectivity index (χ0v) is 10.8. The van der Waals surface area contributed by atoms with E-state index in [0.29, 0.717) is 12.1 Å². The molecular formula is C13H21NO3. The van der Waals surface area contributed by atoms with Crippen molar-refractivity contribution in [2.75, 3.05) is 13.2 Å². The van der Waals surface area contributed by atoms with Gasteiger partial charge >= 0.3 is 0 Å². The number of carbonyl (C=O) groups excluding carboxylic acids is 1. The summed E-state index contributed by atoms with van der Waals surface area (Å²) in [6.45, 7) is 6.26. The summed E-state index contributed by atoms with van der Waals surface area (Å²) in [7, 11) is 0. The summed E-state index contributed by atoms with van der Waals surface area (Å²) in [6.07, 6.45) is 3.25. The lowest BCUT2D eigenvalue weighted by Crippen LogP contribution is -2.41. The van der Waals surface area contributed by atoms with Gasteiger partial charge in [0.25, 0.3) is 5.91 Å². The topological polar surface area (TPSA) is 53.7 Å². The van der Waals surface area contributed by atoms with Crippen molar-refractivity contribution in [3.05, 3.63) is 23.7 Å². The lowest BCUT2D eigenvalue weighted by Gasteiger charge is -2.29. The summed E-state index contributed by atoms with van der Waals surface area (Å²) in [5.74, 6) is 0.659. The summed E-state index contributed by atoms with van der Waals surface area (Å²) in [5, 5.41) is 9.06. The molecule has 0 saturated heterocycles. The van der Waals surface area contributed by atoms with Crippen LogP contribution in [0.15, 0.2) is 16.7 Å². The number of aliphatic hydroxyl groups is 1. The van der Waals surface area contributed by atoms with Gasteiger partial charge in [0.05, 0.1) is 12.2 Å². The number of carbonyl (C=O) groups is 1. The monoisotopic (exact) mass is 239 g/mol. The average molecular weight is 239 g/mol. The highest BCUT2D eigenvalue weighted by atomic mass is 16.3. The first kappa shape index (κ1) is 13.8. The van der Waals surface area contributed by atoms with Crippen LogP contribution in [-0.4, -0.2) is 35.1 Å². The third kappa shape index (κ3) is 3.33. The van der Waals surface area contributed by atoms with Gasteiger partial charge in [0.2, 0.25) is 0 Å². The number of hydrogen-bond acceptors (Lipinski definition) is 3. The maximum absolute atomic E-state index is 12.3. The predicted molar refractivity (Wildman–Crippen MR) is 65.9 cm³/mol. The van der Waals surface area contributed by atoms with E-state index in [9.17, 15) is 4.79 Å². The largest absolute Gasteiger partial charge is 0.469 e. The van der Waals surface area contributed by atoms with Crippen molar-refractivity contribution in [3.63, 3.8) is 0 Å². The Morgan fingerprint density at radius 2 is 2.12 bits per heavy atom. The van der Waals surface area contributed by atoms with E-state index in [2.05, 4.69) is 0 Å². The van der Waals surface area contributed by atoms with E-state index in [1.54, 1.807) is 11.0 Å². The number of amides is 1. The maximum atomic E-state index is 12.3. The minimum Gasteiger partial charge on any atom is -0.469 e. The molecule has 1 heterocycles. The van der Waals surface area contributed by atoms with Gasteiger partial charge < -0.3 is 14.4 Å². The SMILES string of the molecule is CCC(CC)N(CCO)C(=O)c1coc(C)c1. The molecule has 0 aliphatic rings. The second-order valence-electron chi connectivity index (χ2n) is 4.14. The smallest absolute Gasteiger partial charge is 0.257 e. The maximum Gasteiger partial charge on any atom is 0.257 e. The van der Waals surface area contributed by atoms with Crippen molar-refractivity contribution in [3.8, 4) is 0 Å². The summed E-state index contributed by atoms with van der Waals surface area (Å²) in [5.41, 5.74) is 0.558. The predicted octanol–water partition coefficient (Wildman–Crippen LogP) is 2.21. The first-order valence-electron chi connectivity index (χ1n) is 6.10. The molecule has 0 aliphatic heterocycles. The first-order chi connectivity index (χ1) is 8.13. The van der Waals surface area contributed by atoms with Gasteiger partial charge in [0.15, 0.2) is 0 Å². The molecule has 0 radical (unpaired) electrons. The molecule has 0 spiro atoms. The Balaban J connectivity index is 2.86. The van der Waals surface area contributed by atoms with Gasteiger partial charge in [-0.15, -0.1) is 0 Å². The van der Waals surface area contributed by atoms with Crippen LogP contribution >= 0.6 is 0 Å². The van der Waals surface area contributed by atoms with Crippen LogP contribution in [0.5, 0.6) is 0 Å². The standard InChI is InChI=1S/C13H21NO3/c1-4-12(5-2)14(6-7-15)13(16)11-8-10(3)17-9-11/h8-9,12,15H,4-7H2,1-3H3. The molecule has 4 nitrogen and oxygen atoms in total. The second kappa shape index (κ2) is 6.45. The van der Waals surface area contributed by atoms with Crippen molar-refractivity contribution < 1.29 is 14.3 Å². The van der Waals surface area contributed by atoms with Crippen LogP contribution in [0.2, 0.25) is 0 Å². The van der Waals surface area contributed by atoms with Crippen LogP contribution in [0.1, 0.15) is 42.8 Å². The van der Waals surface area contributed by atoms with E-state index in [0.717, 1.165) is 18.6 Å². The van der Waals surface area contributed by atoms with Crippen LogP contribution in [0.4, 0.5) is 0 Å². The molecule has 1 amide bonds. The fraction of sp³-hybridized carbons (Fsp3) is 0.615. The van der Waals surface area contributed by atoms with Gasteiger partial charge in [-0.05, 0) is 25.8 Å². The van der Waals surface area contributed by atoms with E-state index in [1.165, 1.54) is 6.26 Å². The van der Waals surface area contributed by atoms with E-state index in [-0.39, 0.29) is 18.6 Å². The molecule has 0 atom stereocenters. The normalized spacial score (nSPS) is 10.9. The molecule has 1 aromatic heterocycles. The molecule has 4 heteroatoms. The van der Waals surface area contributed by atoms with Gasteiger partial charge in [-0.3, -0.25) is 4.79 Å². The summed E-state index contributed by atoms with van der Waals surface area (Å²) < 4.78 is 5.15. The van der Waals surface area contributed by atoms with Crippen LogP contribution < -0.4 is 0 Å².